The van der Waals surface area contributed by atoms with E-state index in [9.17, 15) is 4.79 Å². The van der Waals surface area contributed by atoms with Gasteiger partial charge in [0.05, 0.1) is 5.02 Å². The average molecular weight is 310 g/mol. The summed E-state index contributed by atoms with van der Waals surface area (Å²) in [7, 11) is 0. The molecule has 0 saturated carbocycles. The van der Waals surface area contributed by atoms with Crippen molar-refractivity contribution in [3.05, 3.63) is 68.7 Å². The van der Waals surface area contributed by atoms with Gasteiger partial charge in [-0.05, 0) is 40.5 Å². The second-order valence-electron chi connectivity index (χ2n) is 3.78. The standard InChI is InChI=1S/C14H10BrClO/c1-9-7-13(16)12(15)8-11(9)14(17)10-5-3-2-4-6-10/h2-8H,1H3. The van der Waals surface area contributed by atoms with E-state index in [2.05, 4.69) is 15.9 Å². The van der Waals surface area contributed by atoms with Crippen molar-refractivity contribution in [2.75, 3.05) is 0 Å². The summed E-state index contributed by atoms with van der Waals surface area (Å²) in [5.41, 5.74) is 2.24. The highest BCUT2D eigenvalue weighted by atomic mass is 79.9. The lowest BCUT2D eigenvalue weighted by Gasteiger charge is -2.07. The fraction of sp³-hybridized carbons (Fsp3) is 0.0714. The number of carbonyl (C=O) groups is 1. The summed E-state index contributed by atoms with van der Waals surface area (Å²) in [6, 6.07) is 12.8. The van der Waals surface area contributed by atoms with E-state index >= 15 is 0 Å². The van der Waals surface area contributed by atoms with Crippen LogP contribution in [0.5, 0.6) is 0 Å². The maximum Gasteiger partial charge on any atom is 0.193 e. The first-order valence-corrected chi connectivity index (χ1v) is 6.32. The number of hydrogen-bond acceptors (Lipinski definition) is 1. The largest absolute Gasteiger partial charge is 0.289 e. The molecule has 0 heterocycles. The summed E-state index contributed by atoms with van der Waals surface area (Å²) >= 11 is 9.32. The van der Waals surface area contributed by atoms with Gasteiger partial charge in [0.2, 0.25) is 0 Å². The number of hydrogen-bond donors (Lipinski definition) is 0. The van der Waals surface area contributed by atoms with Crippen molar-refractivity contribution in [2.45, 2.75) is 6.92 Å². The van der Waals surface area contributed by atoms with Crippen LogP contribution in [0.25, 0.3) is 0 Å². The summed E-state index contributed by atoms with van der Waals surface area (Å²) in [5, 5.41) is 0.618. The van der Waals surface area contributed by atoms with Crippen molar-refractivity contribution in [1.29, 1.82) is 0 Å². The van der Waals surface area contributed by atoms with Gasteiger partial charge in [0.1, 0.15) is 0 Å². The molecular formula is C14H10BrClO. The smallest absolute Gasteiger partial charge is 0.193 e. The number of aryl methyl sites for hydroxylation is 1. The Morgan fingerprint density at radius 3 is 2.47 bits per heavy atom. The number of halogens is 2. The van der Waals surface area contributed by atoms with E-state index in [0.29, 0.717) is 16.1 Å². The lowest BCUT2D eigenvalue weighted by molar-refractivity contribution is 0.103. The molecule has 0 N–H and O–H groups in total. The van der Waals surface area contributed by atoms with Gasteiger partial charge in [0, 0.05) is 15.6 Å². The van der Waals surface area contributed by atoms with E-state index in [-0.39, 0.29) is 5.78 Å². The summed E-state index contributed by atoms with van der Waals surface area (Å²) in [6.07, 6.45) is 0. The third-order valence-corrected chi connectivity index (χ3v) is 3.74. The number of rotatable bonds is 2. The Bertz CT molecular complexity index is 564. The molecule has 0 spiro atoms. The molecule has 0 aliphatic heterocycles. The molecule has 0 atom stereocenters. The Morgan fingerprint density at radius 2 is 1.82 bits per heavy atom. The van der Waals surface area contributed by atoms with E-state index in [1.807, 2.05) is 37.3 Å². The van der Waals surface area contributed by atoms with Gasteiger partial charge in [-0.1, -0.05) is 41.9 Å². The van der Waals surface area contributed by atoms with Crippen LogP contribution < -0.4 is 0 Å². The predicted octanol–water partition coefficient (Wildman–Crippen LogP) is 4.64. The number of benzene rings is 2. The van der Waals surface area contributed by atoms with Crippen molar-refractivity contribution < 1.29 is 4.79 Å². The lowest BCUT2D eigenvalue weighted by Crippen LogP contribution is -2.03. The second kappa shape index (κ2) is 5.03. The molecule has 2 aromatic rings. The fourth-order valence-electron chi connectivity index (χ4n) is 1.64. The topological polar surface area (TPSA) is 17.1 Å². The van der Waals surface area contributed by atoms with Gasteiger partial charge in [-0.15, -0.1) is 0 Å². The minimum atomic E-state index is 0.0143. The molecular weight excluding hydrogens is 300 g/mol. The third-order valence-electron chi connectivity index (χ3n) is 2.55. The second-order valence-corrected chi connectivity index (χ2v) is 5.04. The van der Waals surface area contributed by atoms with E-state index in [1.165, 1.54) is 0 Å². The van der Waals surface area contributed by atoms with Crippen LogP contribution in [0.15, 0.2) is 46.9 Å². The normalized spacial score (nSPS) is 10.3. The summed E-state index contributed by atoms with van der Waals surface area (Å²) in [6.45, 7) is 1.88. The summed E-state index contributed by atoms with van der Waals surface area (Å²) < 4.78 is 0.740. The highest BCUT2D eigenvalue weighted by molar-refractivity contribution is 9.10. The minimum absolute atomic E-state index is 0.0143. The zero-order valence-electron chi connectivity index (χ0n) is 9.21. The summed E-state index contributed by atoms with van der Waals surface area (Å²) in [4.78, 5) is 12.3. The van der Waals surface area contributed by atoms with Crippen molar-refractivity contribution in [1.82, 2.24) is 0 Å². The van der Waals surface area contributed by atoms with Crippen LogP contribution in [0.4, 0.5) is 0 Å². The van der Waals surface area contributed by atoms with Gasteiger partial charge in [0.25, 0.3) is 0 Å². The number of carbonyl (C=O) groups excluding carboxylic acids is 1. The first-order chi connectivity index (χ1) is 8.09. The molecule has 3 heteroatoms. The Labute approximate surface area is 114 Å². The quantitative estimate of drug-likeness (QED) is 0.738. The van der Waals surface area contributed by atoms with Gasteiger partial charge in [0.15, 0.2) is 5.78 Å². The molecule has 0 radical (unpaired) electrons. The van der Waals surface area contributed by atoms with Gasteiger partial charge >= 0.3 is 0 Å². The first kappa shape index (κ1) is 12.3. The zero-order chi connectivity index (χ0) is 12.4. The summed E-state index contributed by atoms with van der Waals surface area (Å²) in [5.74, 6) is 0.0143. The van der Waals surface area contributed by atoms with Crippen molar-refractivity contribution in [3.8, 4) is 0 Å². The van der Waals surface area contributed by atoms with Gasteiger partial charge in [-0.3, -0.25) is 4.79 Å². The molecule has 17 heavy (non-hydrogen) atoms. The van der Waals surface area contributed by atoms with Crippen molar-refractivity contribution in [2.24, 2.45) is 0 Å². The van der Waals surface area contributed by atoms with E-state index in [0.717, 1.165) is 10.0 Å². The Kier molecular flexibility index (Phi) is 3.65. The monoisotopic (exact) mass is 308 g/mol. The van der Waals surface area contributed by atoms with Crippen LogP contribution in [0.2, 0.25) is 5.02 Å². The SMILES string of the molecule is Cc1cc(Cl)c(Br)cc1C(=O)c1ccccc1. The molecule has 0 unspecified atom stereocenters. The molecule has 0 aromatic heterocycles. The first-order valence-electron chi connectivity index (χ1n) is 5.15. The molecule has 2 rings (SSSR count). The molecule has 0 fully saturated rings. The van der Waals surface area contributed by atoms with Crippen LogP contribution >= 0.6 is 27.5 Å². The van der Waals surface area contributed by atoms with Crippen LogP contribution in [0.3, 0.4) is 0 Å². The van der Waals surface area contributed by atoms with Crippen LogP contribution in [-0.2, 0) is 0 Å². The molecule has 2 aromatic carbocycles. The Hall–Kier alpha value is -1.12. The molecule has 0 aliphatic carbocycles. The maximum atomic E-state index is 12.3. The van der Waals surface area contributed by atoms with Crippen LogP contribution in [-0.4, -0.2) is 5.78 Å². The predicted molar refractivity (Wildman–Crippen MR) is 73.8 cm³/mol. The maximum absolute atomic E-state index is 12.3. The third kappa shape index (κ3) is 2.59. The highest BCUT2D eigenvalue weighted by Gasteiger charge is 2.13. The van der Waals surface area contributed by atoms with Gasteiger partial charge < -0.3 is 0 Å². The Morgan fingerprint density at radius 1 is 1.18 bits per heavy atom. The lowest BCUT2D eigenvalue weighted by atomic mass is 9.99. The molecule has 86 valence electrons. The van der Waals surface area contributed by atoms with Crippen LogP contribution in [0.1, 0.15) is 21.5 Å². The van der Waals surface area contributed by atoms with Crippen molar-refractivity contribution in [3.63, 3.8) is 0 Å². The Balaban J connectivity index is 2.48. The molecule has 1 nitrogen and oxygen atoms in total. The van der Waals surface area contributed by atoms with E-state index < -0.39 is 0 Å². The average Bonchev–Trinajstić information content (AvgIpc) is 2.34. The van der Waals surface area contributed by atoms with Gasteiger partial charge in [-0.2, -0.15) is 0 Å². The van der Waals surface area contributed by atoms with Gasteiger partial charge in [-0.25, -0.2) is 0 Å². The molecule has 0 saturated heterocycles. The van der Waals surface area contributed by atoms with E-state index in [4.69, 9.17) is 11.6 Å². The minimum Gasteiger partial charge on any atom is -0.289 e. The highest BCUT2D eigenvalue weighted by Crippen LogP contribution is 2.27. The van der Waals surface area contributed by atoms with E-state index in [1.54, 1.807) is 12.1 Å². The zero-order valence-corrected chi connectivity index (χ0v) is 11.5. The fourth-order valence-corrected chi connectivity index (χ4v) is 2.20. The van der Waals surface area contributed by atoms with Crippen molar-refractivity contribution >= 4 is 33.3 Å². The number of ketones is 1. The molecule has 0 amide bonds. The van der Waals surface area contributed by atoms with Crippen LogP contribution in [0, 0.1) is 6.92 Å². The molecule has 0 aliphatic rings. The molecule has 0 bridgehead atoms.